The second-order valence-electron chi connectivity index (χ2n) is 9.68. The summed E-state index contributed by atoms with van der Waals surface area (Å²) in [6, 6.07) is 6.20. The van der Waals surface area contributed by atoms with Crippen LogP contribution in [0.15, 0.2) is 35.7 Å². The third-order valence-electron chi connectivity index (χ3n) is 6.15. The van der Waals surface area contributed by atoms with Gasteiger partial charge in [-0.1, -0.05) is 24.4 Å². The number of hydrogen-bond donors (Lipinski definition) is 0. The first kappa shape index (κ1) is 29.4. The number of anilines is 1. The summed E-state index contributed by atoms with van der Waals surface area (Å²) in [6.45, 7) is 1.90. The van der Waals surface area contributed by atoms with Gasteiger partial charge in [-0.05, 0) is 83.2 Å². The van der Waals surface area contributed by atoms with Crippen molar-refractivity contribution in [2.45, 2.75) is 51.1 Å². The number of hydrogen-bond acceptors (Lipinski definition) is 6. The van der Waals surface area contributed by atoms with Crippen molar-refractivity contribution in [3.8, 4) is 0 Å². The molecule has 202 valence electrons. The molecule has 1 saturated carbocycles. The van der Waals surface area contributed by atoms with Gasteiger partial charge in [0.25, 0.3) is 0 Å². The molecule has 1 atom stereocenters. The Bertz CT molecular complexity index is 1250. The number of nitrogens with zero attached hydrogens (tertiary/aromatic N) is 3. The first-order valence-corrected chi connectivity index (χ1v) is 14.8. The van der Waals surface area contributed by atoms with Crippen LogP contribution in [-0.4, -0.2) is 69.6 Å². The summed E-state index contributed by atoms with van der Waals surface area (Å²) in [5.41, 5.74) is 0.772. The van der Waals surface area contributed by atoms with Crippen molar-refractivity contribution in [2.75, 3.05) is 32.6 Å². The van der Waals surface area contributed by atoms with E-state index in [0.717, 1.165) is 23.8 Å². The maximum atomic E-state index is 14.6. The third kappa shape index (κ3) is 7.26. The zero-order valence-corrected chi connectivity index (χ0v) is 23.9. The normalized spacial score (nSPS) is 19.0. The van der Waals surface area contributed by atoms with E-state index in [1.807, 2.05) is 26.0 Å². The fourth-order valence-corrected chi connectivity index (χ4v) is 7.58. The molecular weight excluding hydrogens is 537 g/mol. The van der Waals surface area contributed by atoms with E-state index in [-0.39, 0.29) is 30.3 Å². The van der Waals surface area contributed by atoms with Crippen molar-refractivity contribution in [3.63, 3.8) is 0 Å². The number of benzene rings is 1. The molecule has 0 spiro atoms. The van der Waals surface area contributed by atoms with Gasteiger partial charge < -0.3 is 9.80 Å². The zero-order chi connectivity index (χ0) is 27.3. The second kappa shape index (κ2) is 12.6. The lowest BCUT2D eigenvalue weighted by Crippen LogP contribution is -2.49. The first-order chi connectivity index (χ1) is 17.4. The predicted molar refractivity (Wildman–Crippen MR) is 148 cm³/mol. The molecule has 2 fully saturated rings. The molecular formula is C26H33ClFN3O4S2. The maximum absolute atomic E-state index is 14.6. The molecule has 7 nitrogen and oxygen atoms in total. The average Bonchev–Trinajstić information content (AvgIpc) is 3.56. The van der Waals surface area contributed by atoms with Crippen molar-refractivity contribution in [1.82, 2.24) is 9.21 Å². The van der Waals surface area contributed by atoms with Gasteiger partial charge in [0, 0.05) is 23.0 Å². The van der Waals surface area contributed by atoms with Crippen LogP contribution in [0.3, 0.4) is 0 Å². The minimum Gasteiger partial charge on any atom is -0.312 e. The number of carbonyl (C=O) groups is 2. The number of sulfonamides is 1. The van der Waals surface area contributed by atoms with Gasteiger partial charge in [-0.3, -0.25) is 9.59 Å². The molecule has 4 rings (SSSR count). The molecule has 2 aliphatic rings. The van der Waals surface area contributed by atoms with Crippen molar-refractivity contribution in [1.29, 1.82) is 0 Å². The Morgan fingerprint density at radius 1 is 1.14 bits per heavy atom. The second-order valence-corrected chi connectivity index (χ2v) is 13.1. The molecule has 37 heavy (non-hydrogen) atoms. The Morgan fingerprint density at radius 2 is 1.78 bits per heavy atom. The lowest BCUT2D eigenvalue weighted by molar-refractivity contribution is -0.120. The van der Waals surface area contributed by atoms with Crippen molar-refractivity contribution in [2.24, 2.45) is 0 Å². The number of aldehydes is 1. The van der Waals surface area contributed by atoms with Gasteiger partial charge in [0.15, 0.2) is 0 Å². The van der Waals surface area contributed by atoms with Gasteiger partial charge in [-0.2, -0.15) is 4.31 Å². The maximum Gasteiger partial charge on any atom is 0.245 e. The van der Waals surface area contributed by atoms with Gasteiger partial charge in [0.2, 0.25) is 15.9 Å². The van der Waals surface area contributed by atoms with E-state index in [9.17, 15) is 22.4 Å². The van der Waals surface area contributed by atoms with E-state index in [2.05, 4.69) is 0 Å². The van der Waals surface area contributed by atoms with Gasteiger partial charge in [-0.15, -0.1) is 11.3 Å². The van der Waals surface area contributed by atoms with Crippen LogP contribution in [0, 0.1) is 5.82 Å². The summed E-state index contributed by atoms with van der Waals surface area (Å²) in [7, 11) is 2.06. The Labute approximate surface area is 227 Å². The molecule has 2 aromatic rings. The van der Waals surface area contributed by atoms with Crippen LogP contribution in [0.5, 0.6) is 0 Å². The van der Waals surface area contributed by atoms with E-state index >= 15 is 0 Å². The molecule has 1 aromatic carbocycles. The van der Waals surface area contributed by atoms with E-state index < -0.39 is 27.8 Å². The minimum absolute atomic E-state index is 0.0526. The van der Waals surface area contributed by atoms with Crippen LogP contribution in [-0.2, 0) is 14.8 Å². The minimum atomic E-state index is -3.94. The van der Waals surface area contributed by atoms with Gasteiger partial charge >= 0.3 is 0 Å². The Morgan fingerprint density at radius 3 is 2.32 bits per heavy atom. The third-order valence-corrected chi connectivity index (χ3v) is 9.31. The van der Waals surface area contributed by atoms with Crippen molar-refractivity contribution < 1.29 is 22.4 Å². The van der Waals surface area contributed by atoms with Crippen molar-refractivity contribution >= 4 is 56.4 Å². The van der Waals surface area contributed by atoms with Gasteiger partial charge in [0.05, 0.1) is 15.4 Å². The molecule has 1 aromatic heterocycles. The van der Waals surface area contributed by atoms with Crippen LogP contribution in [0.1, 0.15) is 54.3 Å². The predicted octanol–water partition coefficient (Wildman–Crippen LogP) is 5.27. The van der Waals surface area contributed by atoms with Crippen LogP contribution in [0.2, 0.25) is 4.34 Å². The SMILES string of the molecule is C/C(=C\S(=O)(=O)N(C1CCCC1)[C@H]1CCN(c2ccc(C=O)cc2F)C1=O)c1ccc(Cl)s1.CN(C)C. The van der Waals surface area contributed by atoms with E-state index in [0.29, 0.717) is 29.0 Å². The summed E-state index contributed by atoms with van der Waals surface area (Å²) in [5.74, 6) is -1.14. The van der Waals surface area contributed by atoms with E-state index in [1.165, 1.54) is 38.1 Å². The lowest BCUT2D eigenvalue weighted by Gasteiger charge is -2.31. The average molecular weight is 570 g/mol. The zero-order valence-electron chi connectivity index (χ0n) is 21.5. The fraction of sp³-hybridized carbons (Fsp3) is 0.462. The number of rotatable bonds is 7. The van der Waals surface area contributed by atoms with Crippen LogP contribution < -0.4 is 4.90 Å². The molecule has 0 unspecified atom stereocenters. The van der Waals surface area contributed by atoms with Crippen LogP contribution in [0.4, 0.5) is 10.1 Å². The summed E-state index contributed by atoms with van der Waals surface area (Å²) in [6.07, 6.45) is 3.96. The number of carbonyl (C=O) groups excluding carboxylic acids is 2. The highest BCUT2D eigenvalue weighted by atomic mass is 35.5. The largest absolute Gasteiger partial charge is 0.312 e. The van der Waals surface area contributed by atoms with Gasteiger partial charge in [0.1, 0.15) is 18.1 Å². The smallest absolute Gasteiger partial charge is 0.245 e. The fourth-order valence-electron chi connectivity index (χ4n) is 4.62. The quantitative estimate of drug-likeness (QED) is 0.424. The molecule has 0 N–H and O–H groups in total. The van der Waals surface area contributed by atoms with Crippen LogP contribution >= 0.6 is 22.9 Å². The highest BCUT2D eigenvalue weighted by Crippen LogP contribution is 2.35. The Kier molecular flexibility index (Phi) is 10.0. The van der Waals surface area contributed by atoms with Gasteiger partial charge in [-0.25, -0.2) is 12.8 Å². The Balaban J connectivity index is 0.000000886. The highest BCUT2D eigenvalue weighted by Gasteiger charge is 2.45. The number of halogens is 2. The monoisotopic (exact) mass is 569 g/mol. The summed E-state index contributed by atoms with van der Waals surface area (Å²) >= 11 is 7.29. The molecule has 0 bridgehead atoms. The molecule has 0 radical (unpaired) electrons. The summed E-state index contributed by atoms with van der Waals surface area (Å²) in [5, 5.41) is 1.21. The van der Waals surface area contributed by atoms with E-state index in [4.69, 9.17) is 11.6 Å². The Hall–Kier alpha value is -2.11. The van der Waals surface area contributed by atoms with Crippen LogP contribution in [0.25, 0.3) is 5.57 Å². The number of amides is 1. The summed E-state index contributed by atoms with van der Waals surface area (Å²) < 4.78 is 43.6. The standard InChI is InChI=1S/C23H24ClFN2O4S2.C3H9N/c1-15(21-8-9-22(24)32-21)14-33(30,31)27(17-4-2-3-5-17)20-10-11-26(23(20)29)19-7-6-16(13-28)12-18(19)25;1-4(2)3/h6-9,12-14,17,20H,2-5,10-11H2,1H3;1-3H3/b15-14+;/t20-;/m0./s1. The lowest BCUT2D eigenvalue weighted by atomic mass is 10.1. The molecule has 1 amide bonds. The first-order valence-electron chi connectivity index (χ1n) is 12.1. The molecule has 1 aliphatic carbocycles. The van der Waals surface area contributed by atoms with Crippen molar-refractivity contribution in [3.05, 3.63) is 56.3 Å². The number of allylic oxidation sites excluding steroid dienone is 1. The molecule has 2 heterocycles. The molecule has 11 heteroatoms. The number of thiophene rings is 1. The highest BCUT2D eigenvalue weighted by molar-refractivity contribution is 7.92. The molecule has 1 aliphatic heterocycles. The van der Waals surface area contributed by atoms with E-state index in [1.54, 1.807) is 19.1 Å². The molecule has 1 saturated heterocycles. The summed E-state index contributed by atoms with van der Waals surface area (Å²) in [4.78, 5) is 28.3. The topological polar surface area (TPSA) is 78.0 Å².